The van der Waals surface area contributed by atoms with Crippen molar-refractivity contribution in [1.82, 2.24) is 9.80 Å². The van der Waals surface area contributed by atoms with Crippen LogP contribution in [-0.4, -0.2) is 62.9 Å². The van der Waals surface area contributed by atoms with Crippen LogP contribution in [0.3, 0.4) is 0 Å². The molecule has 2 aliphatic rings. The van der Waals surface area contributed by atoms with E-state index in [0.29, 0.717) is 36.1 Å². The number of hydrogen-bond acceptors (Lipinski definition) is 8. The van der Waals surface area contributed by atoms with Crippen LogP contribution in [0, 0.1) is 11.8 Å². The fraction of sp³-hybridized carbons (Fsp3) is 0.476. The molecule has 52 heavy (non-hydrogen) atoms. The van der Waals surface area contributed by atoms with E-state index >= 15 is 9.59 Å². The first-order chi connectivity index (χ1) is 25.1. The molecule has 2 amide bonds. The van der Waals surface area contributed by atoms with E-state index in [2.05, 4.69) is 114 Å². The van der Waals surface area contributed by atoms with Crippen LogP contribution < -0.4 is 9.80 Å². The highest BCUT2D eigenvalue weighted by Gasteiger charge is 2.50. The van der Waals surface area contributed by atoms with Gasteiger partial charge in [-0.05, 0) is 73.2 Å². The van der Waals surface area contributed by atoms with Gasteiger partial charge in [-0.1, -0.05) is 66.2 Å². The Bertz CT molecular complexity index is 1800. The van der Waals surface area contributed by atoms with Crippen LogP contribution in [0.25, 0.3) is 30.9 Å². The molecule has 0 saturated carbocycles. The van der Waals surface area contributed by atoms with Gasteiger partial charge in [0.15, 0.2) is 0 Å². The number of hydrogen-bond donors (Lipinski definition) is 0. The van der Waals surface area contributed by atoms with E-state index in [1.165, 1.54) is 19.8 Å². The number of unbranched alkanes of at least 4 members (excludes halogenated alkanes) is 2. The largest absolute Gasteiger partial charge is 0.370 e. The Kier molecular flexibility index (Phi) is 12.5. The van der Waals surface area contributed by atoms with Gasteiger partial charge < -0.3 is 19.6 Å². The summed E-state index contributed by atoms with van der Waals surface area (Å²) in [4.78, 5) is 45.1. The second kappa shape index (κ2) is 16.9. The number of rotatable bonds is 18. The van der Waals surface area contributed by atoms with Gasteiger partial charge in [-0.15, -0.1) is 45.3 Å². The highest BCUT2D eigenvalue weighted by atomic mass is 32.1. The molecule has 6 heterocycles. The molecular weight excluding hydrogens is 721 g/mol. The Hall–Kier alpha value is -3.18. The maximum Gasteiger partial charge on any atom is 0.261 e. The molecule has 0 radical (unpaired) electrons. The van der Waals surface area contributed by atoms with Crippen LogP contribution in [0.2, 0.25) is 0 Å². The first kappa shape index (κ1) is 38.5. The minimum Gasteiger partial charge on any atom is -0.370 e. The number of anilines is 2. The smallest absolute Gasteiger partial charge is 0.261 e. The maximum absolute atomic E-state index is 15.1. The first-order valence-corrected chi connectivity index (χ1v) is 22.2. The van der Waals surface area contributed by atoms with Crippen molar-refractivity contribution in [3.8, 4) is 19.5 Å². The minimum atomic E-state index is -0.0191. The molecule has 278 valence electrons. The average Bonchev–Trinajstić information content (AvgIpc) is 3.98. The topological polar surface area (TPSA) is 47.1 Å². The predicted molar refractivity (Wildman–Crippen MR) is 228 cm³/mol. The zero-order valence-electron chi connectivity index (χ0n) is 32.1. The van der Waals surface area contributed by atoms with Crippen molar-refractivity contribution in [3.63, 3.8) is 0 Å². The quantitative estimate of drug-likeness (QED) is 0.101. The third-order valence-corrected chi connectivity index (χ3v) is 15.5. The Labute approximate surface area is 327 Å². The monoisotopic (exact) mass is 774 g/mol. The van der Waals surface area contributed by atoms with E-state index in [0.717, 1.165) is 82.3 Å². The Morgan fingerprint density at radius 1 is 0.519 bits per heavy atom. The Morgan fingerprint density at radius 3 is 1.19 bits per heavy atom. The average molecular weight is 775 g/mol. The standard InChI is InChI=1S/C42H54N4O2S4/c1-9-13-15-27(11-3)25-45-39(33-19-17-29(49-33)31-21-23-35(51-31)43(5)6)37-38(41(45)47)40(46(42(37)48)26-28(12-4)16-14-10-2)34-20-18-30(50-34)32-22-24-36(52-32)44(7)8/h17-24,27-28H,9-16,25-26H2,1-8H3. The van der Waals surface area contributed by atoms with Gasteiger partial charge in [0.25, 0.3) is 11.8 Å². The van der Waals surface area contributed by atoms with Gasteiger partial charge in [0, 0.05) is 60.8 Å². The lowest BCUT2D eigenvalue weighted by Crippen LogP contribution is -2.34. The first-order valence-electron chi connectivity index (χ1n) is 19.0. The van der Waals surface area contributed by atoms with Gasteiger partial charge in [-0.25, -0.2) is 0 Å². The van der Waals surface area contributed by atoms with Gasteiger partial charge in [0.2, 0.25) is 0 Å². The normalized spacial score (nSPS) is 15.8. The zero-order valence-corrected chi connectivity index (χ0v) is 35.3. The van der Waals surface area contributed by atoms with E-state index in [1.807, 2.05) is 9.80 Å². The molecule has 4 aromatic rings. The van der Waals surface area contributed by atoms with Crippen molar-refractivity contribution < 1.29 is 9.59 Å². The van der Waals surface area contributed by atoms with Gasteiger partial charge in [-0.2, -0.15) is 0 Å². The minimum absolute atomic E-state index is 0.0191. The van der Waals surface area contributed by atoms with Crippen LogP contribution in [0.1, 0.15) is 88.8 Å². The van der Waals surface area contributed by atoms with Crippen LogP contribution in [0.15, 0.2) is 59.7 Å². The molecule has 0 spiro atoms. The van der Waals surface area contributed by atoms with Crippen molar-refractivity contribution in [2.75, 3.05) is 51.1 Å². The van der Waals surface area contributed by atoms with E-state index in [-0.39, 0.29) is 11.8 Å². The number of fused-ring (bicyclic) bond motifs is 1. The maximum atomic E-state index is 15.1. The molecule has 2 aliphatic heterocycles. The van der Waals surface area contributed by atoms with E-state index < -0.39 is 0 Å². The Balaban J connectivity index is 1.51. The van der Waals surface area contributed by atoms with Gasteiger partial charge >= 0.3 is 0 Å². The zero-order chi connectivity index (χ0) is 37.1. The van der Waals surface area contributed by atoms with E-state index in [4.69, 9.17) is 0 Å². The van der Waals surface area contributed by atoms with Crippen molar-refractivity contribution in [1.29, 1.82) is 0 Å². The van der Waals surface area contributed by atoms with Crippen molar-refractivity contribution in [2.24, 2.45) is 11.8 Å². The summed E-state index contributed by atoms with van der Waals surface area (Å²) in [6.45, 7) is 10.2. The number of carbonyl (C=O) groups is 2. The van der Waals surface area contributed by atoms with Gasteiger partial charge in [-0.3, -0.25) is 9.59 Å². The lowest BCUT2D eigenvalue weighted by Gasteiger charge is -2.29. The van der Waals surface area contributed by atoms with Crippen molar-refractivity contribution in [2.45, 2.75) is 79.1 Å². The second-order valence-electron chi connectivity index (χ2n) is 14.5. The molecule has 4 aromatic heterocycles. The molecule has 0 bridgehead atoms. The summed E-state index contributed by atoms with van der Waals surface area (Å²) in [5.74, 6) is 0.692. The summed E-state index contributed by atoms with van der Waals surface area (Å²) in [6, 6.07) is 17.3. The summed E-state index contributed by atoms with van der Waals surface area (Å²) in [5.41, 5.74) is 2.83. The molecule has 2 unspecified atom stereocenters. The van der Waals surface area contributed by atoms with Gasteiger partial charge in [0.1, 0.15) is 0 Å². The summed E-state index contributed by atoms with van der Waals surface area (Å²) >= 11 is 6.93. The molecule has 0 aromatic carbocycles. The predicted octanol–water partition coefficient (Wildman–Crippen LogP) is 11.6. The SMILES string of the molecule is CCCCC(CC)CN1C(=O)C2=C(c3ccc(-c4ccc(N(C)C)s4)s3)N(CC(CC)CCCC)C(=O)C2=C1c1ccc(-c2ccc(N(C)C)s2)s1. The molecular formula is C42H54N4O2S4. The van der Waals surface area contributed by atoms with Crippen LogP contribution in [0.5, 0.6) is 0 Å². The second-order valence-corrected chi connectivity index (χ2v) is 18.8. The third-order valence-electron chi connectivity index (χ3n) is 10.4. The number of thiophene rings is 4. The van der Waals surface area contributed by atoms with E-state index in [9.17, 15) is 0 Å². The van der Waals surface area contributed by atoms with Crippen LogP contribution in [-0.2, 0) is 9.59 Å². The molecule has 0 N–H and O–H groups in total. The van der Waals surface area contributed by atoms with Crippen molar-refractivity contribution >= 4 is 78.6 Å². The molecule has 2 atom stereocenters. The number of nitrogens with zero attached hydrogens (tertiary/aromatic N) is 4. The summed E-state index contributed by atoms with van der Waals surface area (Å²) in [7, 11) is 8.27. The summed E-state index contributed by atoms with van der Waals surface area (Å²) < 4.78 is 0. The van der Waals surface area contributed by atoms with Gasteiger partial charge in [0.05, 0.1) is 42.3 Å². The molecule has 6 rings (SSSR count). The number of amides is 2. The summed E-state index contributed by atoms with van der Waals surface area (Å²) in [6.07, 6.45) is 8.66. The van der Waals surface area contributed by atoms with Crippen molar-refractivity contribution in [3.05, 3.63) is 69.4 Å². The molecule has 0 fully saturated rings. The number of carbonyl (C=O) groups excluding carboxylic acids is 2. The molecule has 0 aliphatic carbocycles. The van der Waals surface area contributed by atoms with Crippen LogP contribution in [0.4, 0.5) is 10.0 Å². The molecule has 10 heteroatoms. The molecule has 6 nitrogen and oxygen atoms in total. The van der Waals surface area contributed by atoms with E-state index in [1.54, 1.807) is 45.3 Å². The summed E-state index contributed by atoms with van der Waals surface area (Å²) in [5, 5.41) is 2.40. The fourth-order valence-electron chi connectivity index (χ4n) is 7.20. The third kappa shape index (κ3) is 7.72. The highest BCUT2D eigenvalue weighted by molar-refractivity contribution is 7.25. The molecule has 0 saturated heterocycles. The highest BCUT2D eigenvalue weighted by Crippen LogP contribution is 2.51. The lowest BCUT2D eigenvalue weighted by atomic mass is 9.98. The fourth-order valence-corrected chi connectivity index (χ4v) is 11.4. The Morgan fingerprint density at radius 2 is 0.865 bits per heavy atom. The van der Waals surface area contributed by atoms with Crippen LogP contribution >= 0.6 is 45.3 Å². The lowest BCUT2D eigenvalue weighted by molar-refractivity contribution is -0.124.